The standard InChI is InChI=1S/C22H22N4O6.C21H20N4O6.C17H20N2O3.C5H4N2O4/c1-32-22(31)19(27)13-26(25-20(28)17-11-18(21(29)30)24-23-17)12-14-7-9-16(10-8-14)15-5-3-2-4-6-15;26-18(21(30)31)12-25(24-19(27)16-10-17(20(28)29)23-22-16)11-13-6-8-15(9-7-13)14-4-2-1-3-5-14;1-22-17(21)16(20)12-19(18)11-13-7-9-15(10-8-13)14-5-3-2-4-6-14;8-4(9)2-1-3(5(10)11)7-6-2/h2-11,19,27H,12-13H2,1H3,(H,23,24)(H,25,28)(H,29,30);1-10,18,26H,11-12H2,(H,22,23)(H,24,27)(H,28,29)(H,30,31);2-10,16,20H,11-12,18H2,1H3;1H,(H,6,7)(H,8,9)(H,10,11)/t19-;18-;16-;/m111./s1. The maximum absolute atomic E-state index is 12.5. The number of nitrogens with two attached hydrogens (primary N) is 1. The number of carbonyl (C=O) groups excluding carboxylic acids is 4. The second-order valence-corrected chi connectivity index (χ2v) is 20.4. The van der Waals surface area contributed by atoms with Gasteiger partial charge < -0.3 is 50.3 Å². The molecule has 9 aromatic rings. The third kappa shape index (κ3) is 22.9. The van der Waals surface area contributed by atoms with Gasteiger partial charge in [0.2, 0.25) is 0 Å². The van der Waals surface area contributed by atoms with Gasteiger partial charge in [-0.25, -0.2) is 48.6 Å². The Morgan fingerprint density at radius 3 is 0.990 bits per heavy atom. The third-order valence-electron chi connectivity index (χ3n) is 13.4. The number of hydrazine groups is 3. The van der Waals surface area contributed by atoms with Crippen LogP contribution in [-0.2, 0) is 43.5 Å². The summed E-state index contributed by atoms with van der Waals surface area (Å²) in [5.74, 6) is -3.63. The molecule has 0 aliphatic heterocycles. The third-order valence-corrected chi connectivity index (χ3v) is 13.4. The molecule has 0 radical (unpaired) electrons. The molecule has 3 aromatic heterocycles. The normalized spacial score (nSPS) is 11.6. The van der Waals surface area contributed by atoms with E-state index in [0.29, 0.717) is 6.54 Å². The van der Waals surface area contributed by atoms with Crippen molar-refractivity contribution in [3.05, 3.63) is 233 Å². The Bertz CT molecular complexity index is 4010. The molecule has 15 N–H and O–H groups in total. The molecule has 6 aromatic carbocycles. The molecule has 2 amide bonds. The number of esters is 2. The summed E-state index contributed by atoms with van der Waals surface area (Å²) in [7, 11) is 2.38. The number of ether oxygens (including phenoxy) is 2. The zero-order valence-corrected chi connectivity index (χ0v) is 51.1. The van der Waals surface area contributed by atoms with Crippen LogP contribution in [0.2, 0.25) is 0 Å². The Hall–Kier alpha value is -12.1. The van der Waals surface area contributed by atoms with Gasteiger partial charge in [-0.05, 0) is 50.1 Å². The summed E-state index contributed by atoms with van der Waals surface area (Å²) in [6.07, 6.45) is -4.48. The largest absolute Gasteiger partial charge is 0.479 e. The van der Waals surface area contributed by atoms with Crippen LogP contribution in [0.4, 0.5) is 0 Å². The van der Waals surface area contributed by atoms with Crippen LogP contribution in [0, 0.1) is 0 Å². The van der Waals surface area contributed by atoms with Crippen molar-refractivity contribution >= 4 is 53.6 Å². The van der Waals surface area contributed by atoms with E-state index in [4.69, 9.17) is 31.4 Å². The molecule has 0 spiro atoms. The minimum atomic E-state index is -1.74. The number of carboxylic acid groups (broad SMARTS) is 5. The van der Waals surface area contributed by atoms with Crippen LogP contribution >= 0.6 is 0 Å². The van der Waals surface area contributed by atoms with Crippen molar-refractivity contribution < 1.29 is 93.5 Å². The summed E-state index contributed by atoms with van der Waals surface area (Å²) in [5, 5.41) is 93.9. The van der Waals surface area contributed by atoms with Gasteiger partial charge >= 0.3 is 41.8 Å². The van der Waals surface area contributed by atoms with E-state index in [9.17, 15) is 58.5 Å². The fourth-order valence-electron chi connectivity index (χ4n) is 8.52. The highest BCUT2D eigenvalue weighted by molar-refractivity contribution is 5.96. The molecular formula is C65H66N12O19. The molecule has 0 aliphatic carbocycles. The van der Waals surface area contributed by atoms with E-state index >= 15 is 0 Å². The zero-order chi connectivity index (χ0) is 69.8. The number of nitrogens with one attached hydrogen (secondary N) is 5. The number of aliphatic hydroxyl groups is 3. The number of aromatic amines is 3. The molecule has 0 fully saturated rings. The monoisotopic (exact) mass is 1320 g/mol. The molecule has 96 heavy (non-hydrogen) atoms. The average molecular weight is 1320 g/mol. The summed E-state index contributed by atoms with van der Waals surface area (Å²) < 4.78 is 8.99. The molecule has 0 bridgehead atoms. The maximum Gasteiger partial charge on any atom is 0.356 e. The first kappa shape index (κ1) is 73.0. The van der Waals surface area contributed by atoms with Gasteiger partial charge in [-0.15, -0.1) is 0 Å². The lowest BCUT2D eigenvalue weighted by Crippen LogP contribution is -2.47. The first-order valence-corrected chi connectivity index (χ1v) is 28.5. The number of hydrogen-bond donors (Lipinski definition) is 14. The Labute approximate surface area is 545 Å². The molecule has 31 heteroatoms. The molecule has 500 valence electrons. The van der Waals surface area contributed by atoms with Gasteiger partial charge in [0.15, 0.2) is 35.4 Å². The summed E-state index contributed by atoms with van der Waals surface area (Å²) in [4.78, 5) is 101. The number of aromatic carboxylic acids is 4. The lowest BCUT2D eigenvalue weighted by atomic mass is 10.0. The molecule has 3 heterocycles. The quantitative estimate of drug-likeness (QED) is 0.0205. The van der Waals surface area contributed by atoms with Gasteiger partial charge in [0, 0.05) is 37.8 Å². The number of amides is 2. The number of hydrogen-bond acceptors (Lipinski definition) is 21. The number of aromatic nitrogens is 6. The van der Waals surface area contributed by atoms with Crippen molar-refractivity contribution in [1.82, 2.24) is 56.5 Å². The molecular weight excluding hydrogens is 1250 g/mol. The summed E-state index contributed by atoms with van der Waals surface area (Å²) in [6.45, 7) is 0.0649. The minimum Gasteiger partial charge on any atom is -0.479 e. The number of rotatable bonds is 26. The Morgan fingerprint density at radius 1 is 0.406 bits per heavy atom. The van der Waals surface area contributed by atoms with Gasteiger partial charge in [-0.1, -0.05) is 164 Å². The van der Waals surface area contributed by atoms with Crippen LogP contribution in [0.1, 0.15) is 79.6 Å². The lowest BCUT2D eigenvalue weighted by molar-refractivity contribution is -0.152. The van der Waals surface area contributed by atoms with Crippen LogP contribution in [-0.4, -0.2) is 192 Å². The molecule has 9 rings (SSSR count). The van der Waals surface area contributed by atoms with Crippen LogP contribution in [0.5, 0.6) is 0 Å². The molecule has 0 unspecified atom stereocenters. The van der Waals surface area contributed by atoms with Crippen LogP contribution in [0.15, 0.2) is 182 Å². The van der Waals surface area contributed by atoms with Crippen molar-refractivity contribution in [3.63, 3.8) is 0 Å². The molecule has 3 atom stereocenters. The molecule has 0 aliphatic rings. The smallest absolute Gasteiger partial charge is 0.356 e. The fourth-order valence-corrected chi connectivity index (χ4v) is 8.52. The van der Waals surface area contributed by atoms with E-state index in [1.54, 1.807) is 0 Å². The van der Waals surface area contributed by atoms with Crippen LogP contribution < -0.4 is 16.7 Å². The van der Waals surface area contributed by atoms with E-state index < -0.39 is 78.5 Å². The van der Waals surface area contributed by atoms with Gasteiger partial charge in [0.1, 0.15) is 17.1 Å². The fraction of sp³-hybridized carbons (Fsp3) is 0.169. The van der Waals surface area contributed by atoms with Crippen molar-refractivity contribution in [1.29, 1.82) is 0 Å². The van der Waals surface area contributed by atoms with Crippen molar-refractivity contribution in [3.8, 4) is 33.4 Å². The first-order chi connectivity index (χ1) is 45.9. The minimum absolute atomic E-state index is 0.0209. The van der Waals surface area contributed by atoms with Crippen LogP contribution in [0.3, 0.4) is 0 Å². The van der Waals surface area contributed by atoms with E-state index in [0.717, 1.165) is 75.4 Å². The summed E-state index contributed by atoms with van der Waals surface area (Å²) in [5.41, 5.74) is 12.5. The highest BCUT2D eigenvalue weighted by Crippen LogP contribution is 2.23. The number of carboxylic acids is 5. The molecule has 31 nitrogen and oxygen atoms in total. The topological polar surface area (TPSA) is 480 Å². The van der Waals surface area contributed by atoms with Gasteiger partial charge in [-0.3, -0.25) is 41.6 Å². The summed E-state index contributed by atoms with van der Waals surface area (Å²) >= 11 is 0. The number of methoxy groups -OCH3 is 2. The number of benzene rings is 6. The molecule has 0 saturated heterocycles. The Morgan fingerprint density at radius 2 is 0.698 bits per heavy atom. The Balaban J connectivity index is 0.000000213. The SMILES string of the molecule is COC(=O)[C@H](O)CN(Cc1ccc(-c2ccccc2)cc1)NC(=O)c1cc(C(=O)O)[nH]n1.COC(=O)[C@H](O)CN(N)Cc1ccc(-c2ccccc2)cc1.O=C(NN(Cc1ccc(-c2ccccc2)cc1)C[C@@H](O)C(=O)O)c1cc(C(=O)O)[nH]n1.O=C(O)c1cc(C(=O)O)[nH]n1. The predicted molar refractivity (Wildman–Crippen MR) is 339 cm³/mol. The van der Waals surface area contributed by atoms with Crippen molar-refractivity contribution in [2.75, 3.05) is 33.9 Å². The highest BCUT2D eigenvalue weighted by Gasteiger charge is 2.25. The first-order valence-electron chi connectivity index (χ1n) is 28.5. The maximum atomic E-state index is 12.5. The van der Waals surface area contributed by atoms with Gasteiger partial charge in [-0.2, -0.15) is 15.3 Å². The van der Waals surface area contributed by atoms with E-state index in [1.807, 2.05) is 152 Å². The Kier molecular flexibility index (Phi) is 27.5. The second kappa shape index (κ2) is 36.2. The van der Waals surface area contributed by atoms with Crippen molar-refractivity contribution in [2.24, 2.45) is 5.84 Å². The van der Waals surface area contributed by atoms with Crippen LogP contribution in [0.25, 0.3) is 33.4 Å². The summed E-state index contributed by atoms with van der Waals surface area (Å²) in [6, 6.07) is 55.7. The number of nitrogens with zero attached hydrogens (tertiary/aromatic N) is 6. The van der Waals surface area contributed by atoms with E-state index in [1.165, 1.54) is 22.1 Å². The van der Waals surface area contributed by atoms with Crippen molar-refractivity contribution in [2.45, 2.75) is 37.9 Å². The number of aliphatic hydroxyl groups excluding tert-OH is 3. The average Bonchev–Trinajstić information content (AvgIpc) is 1.46. The number of aliphatic carboxylic acids is 1. The zero-order valence-electron chi connectivity index (χ0n) is 51.1. The second-order valence-electron chi connectivity index (χ2n) is 20.4. The lowest BCUT2D eigenvalue weighted by Gasteiger charge is -2.24. The van der Waals surface area contributed by atoms with E-state index in [2.05, 4.69) is 63.1 Å². The number of H-pyrrole nitrogens is 3. The predicted octanol–water partition coefficient (Wildman–Crippen LogP) is 4.19. The number of carbonyl (C=O) groups is 9. The highest BCUT2D eigenvalue weighted by atomic mass is 16.5. The van der Waals surface area contributed by atoms with Gasteiger partial charge in [0.05, 0.1) is 33.9 Å². The van der Waals surface area contributed by atoms with Gasteiger partial charge in [0.25, 0.3) is 11.8 Å². The molecule has 0 saturated carbocycles. The van der Waals surface area contributed by atoms with E-state index in [-0.39, 0.29) is 60.3 Å².